The van der Waals surface area contributed by atoms with Gasteiger partial charge in [0.15, 0.2) is 0 Å². The SMILES string of the molecule is CCOC(=O)CCBr.CCOC(=O)CCN(C(N)=O)c1cc(C)c(Br)c(C)c1.CCOC(=O)CCNc1cc(C)c(Br)c(C)c1.Cc1cc(N)cc(C)c1Br.N#C[O-].[Na+]. The van der Waals surface area contributed by atoms with Crippen molar-refractivity contribution in [2.24, 2.45) is 5.73 Å². The van der Waals surface area contributed by atoms with Gasteiger partial charge in [-0.25, -0.2) is 10.1 Å². The molecule has 0 radical (unpaired) electrons. The van der Waals surface area contributed by atoms with Crippen LogP contribution in [-0.2, 0) is 28.6 Å². The van der Waals surface area contributed by atoms with Crippen molar-refractivity contribution in [1.82, 2.24) is 0 Å². The molecule has 0 saturated heterocycles. The van der Waals surface area contributed by atoms with Gasteiger partial charge in [-0.1, -0.05) is 63.7 Å². The van der Waals surface area contributed by atoms with Crippen molar-refractivity contribution in [2.75, 3.05) is 54.2 Å². The number of nitrogen functional groups attached to an aromatic ring is 1. The predicted octanol–water partition coefficient (Wildman–Crippen LogP) is 6.15. The van der Waals surface area contributed by atoms with Gasteiger partial charge < -0.3 is 36.1 Å². The van der Waals surface area contributed by atoms with Crippen LogP contribution in [0.25, 0.3) is 0 Å². The van der Waals surface area contributed by atoms with Crippen molar-refractivity contribution >= 4 is 105 Å². The zero-order valence-electron chi connectivity index (χ0n) is 35.7. The second kappa shape index (κ2) is 34.8. The number of halogens is 4. The number of hydrogen-bond acceptors (Lipinski definition) is 11. The third kappa shape index (κ3) is 26.9. The Labute approximate surface area is 405 Å². The Morgan fingerprint density at radius 1 is 0.695 bits per heavy atom. The second-order valence-corrected chi connectivity index (χ2v) is 15.3. The smallest absolute Gasteiger partial charge is 0.812 e. The first kappa shape index (κ1) is 60.5. The molecule has 0 bridgehead atoms. The van der Waals surface area contributed by atoms with Crippen LogP contribution in [-0.4, -0.2) is 62.2 Å². The summed E-state index contributed by atoms with van der Waals surface area (Å²) in [5.74, 6) is -0.640. The summed E-state index contributed by atoms with van der Waals surface area (Å²) in [6.45, 7) is 19.4. The van der Waals surface area contributed by atoms with E-state index >= 15 is 0 Å². The maximum atomic E-state index is 11.6. The van der Waals surface area contributed by atoms with Gasteiger partial charge in [-0.3, -0.25) is 19.3 Å². The van der Waals surface area contributed by atoms with E-state index in [-0.39, 0.29) is 60.4 Å². The van der Waals surface area contributed by atoms with Crippen LogP contribution in [0.1, 0.15) is 73.4 Å². The fourth-order valence-electron chi connectivity index (χ4n) is 4.76. The van der Waals surface area contributed by atoms with Crippen molar-refractivity contribution in [3.05, 3.63) is 83.2 Å². The topological polar surface area (TPSA) is 210 Å². The average molecular weight is 1090 g/mol. The number of amides is 2. The number of nitriles is 1. The maximum absolute atomic E-state index is 11.6. The summed E-state index contributed by atoms with van der Waals surface area (Å²) in [4.78, 5) is 45.9. The van der Waals surface area contributed by atoms with Crippen LogP contribution < -0.4 is 56.3 Å². The number of primary amides is 1. The molecule has 322 valence electrons. The van der Waals surface area contributed by atoms with Crippen LogP contribution in [0.2, 0.25) is 0 Å². The summed E-state index contributed by atoms with van der Waals surface area (Å²) in [5.41, 5.74) is 20.3. The average Bonchev–Trinajstić information content (AvgIpc) is 3.13. The van der Waals surface area contributed by atoms with E-state index in [1.807, 2.05) is 72.7 Å². The number of nitrogens with zero attached hydrogens (tertiary/aromatic N) is 2. The minimum atomic E-state index is -0.588. The van der Waals surface area contributed by atoms with Gasteiger partial charge in [0.1, 0.15) is 0 Å². The molecule has 0 aliphatic heterocycles. The largest absolute Gasteiger partial charge is 1.00 e. The number of urea groups is 1. The first-order valence-electron chi connectivity index (χ1n) is 18.1. The number of benzene rings is 3. The van der Waals surface area contributed by atoms with Crippen LogP contribution in [0.15, 0.2) is 49.8 Å². The number of aryl methyl sites for hydroxylation is 6. The molecule has 0 aliphatic rings. The van der Waals surface area contributed by atoms with Gasteiger partial charge in [0.25, 0.3) is 0 Å². The number of alkyl halides is 1. The van der Waals surface area contributed by atoms with E-state index < -0.39 is 6.03 Å². The number of carbonyl (C=O) groups is 4. The molecule has 13 nitrogen and oxygen atoms in total. The van der Waals surface area contributed by atoms with Crippen molar-refractivity contribution in [2.45, 2.75) is 81.6 Å². The summed E-state index contributed by atoms with van der Waals surface area (Å²) in [5, 5.41) is 18.9. The van der Waals surface area contributed by atoms with Gasteiger partial charge >= 0.3 is 53.5 Å². The van der Waals surface area contributed by atoms with Gasteiger partial charge in [0, 0.05) is 55.2 Å². The fourth-order valence-corrected chi connectivity index (χ4v) is 5.77. The van der Waals surface area contributed by atoms with Gasteiger partial charge in [-0.05, 0) is 132 Å². The molecule has 0 aromatic heterocycles. The van der Waals surface area contributed by atoms with E-state index in [4.69, 9.17) is 31.3 Å². The number of carbonyl (C=O) groups excluding carboxylic acids is 4. The van der Waals surface area contributed by atoms with Crippen LogP contribution in [0.5, 0.6) is 0 Å². The van der Waals surface area contributed by atoms with Crippen LogP contribution >= 0.6 is 63.7 Å². The maximum Gasteiger partial charge on any atom is 1.00 e. The first-order chi connectivity index (χ1) is 27.2. The zero-order chi connectivity index (χ0) is 45.0. The normalized spacial score (nSPS) is 9.36. The Hall–Kier alpha value is -2.85. The molecular formula is C41H56Br4N5NaO8. The third-order valence-corrected chi connectivity index (χ3v) is 11.5. The van der Waals surface area contributed by atoms with E-state index in [0.29, 0.717) is 56.5 Å². The Bertz CT molecular complexity index is 1730. The predicted molar refractivity (Wildman–Crippen MR) is 244 cm³/mol. The van der Waals surface area contributed by atoms with Gasteiger partial charge in [-0.2, -0.15) is 0 Å². The molecule has 2 amide bonds. The van der Waals surface area contributed by atoms with Crippen LogP contribution in [0.3, 0.4) is 0 Å². The summed E-state index contributed by atoms with van der Waals surface area (Å²) in [6.07, 6.45) is 1.47. The Balaban J connectivity index is -0.000000725. The molecule has 5 N–H and O–H groups in total. The number of anilines is 3. The number of ether oxygens (including phenoxy) is 3. The van der Waals surface area contributed by atoms with Gasteiger partial charge in [-0.15, -0.1) is 0 Å². The summed E-state index contributed by atoms with van der Waals surface area (Å²) in [6, 6.07) is 11.1. The fraction of sp³-hybridized carbons (Fsp3) is 0.439. The molecule has 59 heavy (non-hydrogen) atoms. The summed E-state index contributed by atoms with van der Waals surface area (Å²) < 4.78 is 17.6. The molecule has 3 aromatic rings. The van der Waals surface area contributed by atoms with Crippen molar-refractivity contribution in [3.8, 4) is 6.26 Å². The Kier molecular flexibility index (Phi) is 35.7. The Morgan fingerprint density at radius 3 is 1.39 bits per heavy atom. The standard InChI is InChI=1S/C14H19BrN2O3.C13H18BrNO2.C8H10BrN.C5H9BrO2.CHNO.Na/c1-4-20-12(18)5-6-17(14(16)19)11-7-9(2)13(15)10(3)8-11;1-4-17-12(16)5-6-15-11-7-9(2)13(14)10(3)8-11;1-5-3-7(10)4-6(2)8(5)9;1-2-8-5(7)3-4-6;2-1-3;/h7-8H,4-6H2,1-3H3,(H2,16,19);7-8,15H,4-6H2,1-3H3;3-4H,10H2,1-2H3;2-4H2,1H3;3H;/q;;;;;+1/p-1. The summed E-state index contributed by atoms with van der Waals surface area (Å²) in [7, 11) is 0. The number of nitrogens with two attached hydrogens (primary N) is 2. The molecule has 3 aromatic carbocycles. The second-order valence-electron chi connectivity index (χ2n) is 12.1. The molecule has 3 rings (SSSR count). The minimum absolute atomic E-state index is 0. The van der Waals surface area contributed by atoms with Crippen molar-refractivity contribution in [3.63, 3.8) is 0 Å². The number of nitrogens with one attached hydrogen (secondary N) is 1. The van der Waals surface area contributed by atoms with E-state index in [9.17, 15) is 19.2 Å². The molecule has 0 fully saturated rings. The number of esters is 3. The molecule has 0 spiro atoms. The zero-order valence-corrected chi connectivity index (χ0v) is 44.0. The molecule has 0 saturated carbocycles. The van der Waals surface area contributed by atoms with E-state index in [1.165, 1.54) is 27.2 Å². The van der Waals surface area contributed by atoms with Crippen LogP contribution in [0, 0.1) is 53.1 Å². The van der Waals surface area contributed by atoms with E-state index in [2.05, 4.69) is 85.9 Å². The van der Waals surface area contributed by atoms with E-state index in [0.717, 1.165) is 35.9 Å². The quantitative estimate of drug-likeness (QED) is 0.0442. The van der Waals surface area contributed by atoms with Crippen molar-refractivity contribution in [1.29, 1.82) is 5.26 Å². The molecular weight excluding hydrogens is 1030 g/mol. The minimum Gasteiger partial charge on any atom is -0.812 e. The molecule has 18 heteroatoms. The van der Waals surface area contributed by atoms with Crippen LogP contribution in [0.4, 0.5) is 21.9 Å². The number of rotatable bonds is 13. The van der Waals surface area contributed by atoms with Gasteiger partial charge in [0.2, 0.25) is 0 Å². The first-order valence-corrected chi connectivity index (χ1v) is 21.6. The summed E-state index contributed by atoms with van der Waals surface area (Å²) >= 11 is 13.6. The van der Waals surface area contributed by atoms with E-state index in [1.54, 1.807) is 13.8 Å². The van der Waals surface area contributed by atoms with Gasteiger partial charge in [0.05, 0.1) is 39.1 Å². The monoisotopic (exact) mass is 1090 g/mol. The molecule has 0 heterocycles. The van der Waals surface area contributed by atoms with Crippen molar-refractivity contribution < 1.29 is 68.1 Å². The molecule has 0 atom stereocenters. The molecule has 0 aliphatic carbocycles. The Morgan fingerprint density at radius 2 is 1.03 bits per heavy atom. The number of hydrogen-bond donors (Lipinski definition) is 3. The molecule has 0 unspecified atom stereocenters. The third-order valence-electron chi connectivity index (χ3n) is 7.31.